The van der Waals surface area contributed by atoms with Crippen molar-refractivity contribution in [2.75, 3.05) is 6.54 Å². The molecule has 1 aliphatic carbocycles. The van der Waals surface area contributed by atoms with Gasteiger partial charge in [-0.1, -0.05) is 25.8 Å². The number of nitrogens with one attached hydrogen (secondary N) is 2. The molecular weight excluding hydrogens is 284 g/mol. The van der Waals surface area contributed by atoms with Crippen LogP contribution in [0.15, 0.2) is 18.2 Å². The SMILES string of the molecule is CC1CCC(CNC(=O)c2ccc3c(c2)CNC3)CC1.Cl. The maximum absolute atomic E-state index is 12.2. The van der Waals surface area contributed by atoms with Crippen molar-refractivity contribution in [1.29, 1.82) is 0 Å². The van der Waals surface area contributed by atoms with Gasteiger partial charge in [0.05, 0.1) is 0 Å². The van der Waals surface area contributed by atoms with E-state index in [0.29, 0.717) is 5.92 Å². The van der Waals surface area contributed by atoms with E-state index in [4.69, 9.17) is 0 Å². The average Bonchev–Trinajstić information content (AvgIpc) is 2.93. The second-order valence-corrected chi connectivity index (χ2v) is 6.42. The van der Waals surface area contributed by atoms with Gasteiger partial charge in [-0.3, -0.25) is 4.79 Å². The molecule has 1 aromatic rings. The van der Waals surface area contributed by atoms with Crippen molar-refractivity contribution in [3.63, 3.8) is 0 Å². The van der Waals surface area contributed by atoms with Gasteiger partial charge < -0.3 is 10.6 Å². The third-order valence-corrected chi connectivity index (χ3v) is 4.79. The fourth-order valence-electron chi connectivity index (χ4n) is 3.31. The first-order chi connectivity index (χ1) is 9.72. The molecule has 1 aliphatic heterocycles. The van der Waals surface area contributed by atoms with E-state index in [1.165, 1.54) is 36.8 Å². The zero-order valence-corrected chi connectivity index (χ0v) is 13.5. The van der Waals surface area contributed by atoms with Gasteiger partial charge in [0.2, 0.25) is 0 Å². The Morgan fingerprint density at radius 2 is 1.90 bits per heavy atom. The molecule has 21 heavy (non-hydrogen) atoms. The highest BCUT2D eigenvalue weighted by Crippen LogP contribution is 2.27. The molecule has 2 N–H and O–H groups in total. The van der Waals surface area contributed by atoms with Crippen molar-refractivity contribution < 1.29 is 4.79 Å². The smallest absolute Gasteiger partial charge is 0.251 e. The molecule has 116 valence electrons. The fourth-order valence-corrected chi connectivity index (χ4v) is 3.31. The molecule has 3 nitrogen and oxygen atoms in total. The van der Waals surface area contributed by atoms with E-state index in [9.17, 15) is 4.79 Å². The summed E-state index contributed by atoms with van der Waals surface area (Å²) in [5.41, 5.74) is 3.39. The van der Waals surface area contributed by atoms with Gasteiger partial charge >= 0.3 is 0 Å². The molecule has 0 unspecified atom stereocenters. The van der Waals surface area contributed by atoms with Crippen LogP contribution >= 0.6 is 12.4 Å². The van der Waals surface area contributed by atoms with E-state index in [1.54, 1.807) is 0 Å². The minimum atomic E-state index is 0. The zero-order valence-electron chi connectivity index (χ0n) is 12.7. The predicted octanol–water partition coefficient (Wildman–Crippen LogP) is 3.27. The van der Waals surface area contributed by atoms with E-state index >= 15 is 0 Å². The number of rotatable bonds is 3. The van der Waals surface area contributed by atoms with Crippen LogP contribution in [0.1, 0.15) is 54.1 Å². The molecule has 0 bridgehead atoms. The quantitative estimate of drug-likeness (QED) is 0.900. The number of carbonyl (C=O) groups is 1. The molecule has 3 rings (SSSR count). The van der Waals surface area contributed by atoms with Crippen LogP contribution in [0.2, 0.25) is 0 Å². The zero-order chi connectivity index (χ0) is 13.9. The second kappa shape index (κ2) is 7.28. The van der Waals surface area contributed by atoms with Crippen molar-refractivity contribution in [1.82, 2.24) is 10.6 Å². The minimum Gasteiger partial charge on any atom is -0.352 e. The molecule has 2 aliphatic rings. The number of hydrogen-bond donors (Lipinski definition) is 2. The summed E-state index contributed by atoms with van der Waals surface area (Å²) in [5.74, 6) is 1.62. The molecule has 0 atom stereocenters. The summed E-state index contributed by atoms with van der Waals surface area (Å²) in [6.45, 7) is 4.97. The van der Waals surface area contributed by atoms with E-state index in [2.05, 4.69) is 23.6 Å². The standard InChI is InChI=1S/C17H24N2O.ClH/c1-12-2-4-13(5-3-12)9-19-17(20)14-6-7-15-10-18-11-16(15)8-14;/h6-8,12-13,18H,2-5,9-11H2,1H3,(H,19,20);1H. The lowest BCUT2D eigenvalue weighted by atomic mass is 9.83. The molecule has 1 amide bonds. The number of halogens is 1. The largest absolute Gasteiger partial charge is 0.352 e. The Morgan fingerprint density at radius 1 is 1.19 bits per heavy atom. The van der Waals surface area contributed by atoms with Gasteiger partial charge in [-0.05, 0) is 47.9 Å². The number of fused-ring (bicyclic) bond motifs is 1. The topological polar surface area (TPSA) is 41.1 Å². The summed E-state index contributed by atoms with van der Waals surface area (Å²) in [6.07, 6.45) is 5.14. The van der Waals surface area contributed by atoms with Crippen LogP contribution in [0.5, 0.6) is 0 Å². The summed E-state index contributed by atoms with van der Waals surface area (Å²) < 4.78 is 0. The summed E-state index contributed by atoms with van der Waals surface area (Å²) in [6, 6.07) is 6.06. The summed E-state index contributed by atoms with van der Waals surface area (Å²) in [5, 5.41) is 6.43. The minimum absolute atomic E-state index is 0. The lowest BCUT2D eigenvalue weighted by molar-refractivity contribution is 0.0942. The number of amides is 1. The molecule has 1 fully saturated rings. The Labute approximate surface area is 133 Å². The highest BCUT2D eigenvalue weighted by atomic mass is 35.5. The molecule has 1 saturated carbocycles. The van der Waals surface area contributed by atoms with Crippen LogP contribution in [0.25, 0.3) is 0 Å². The summed E-state index contributed by atoms with van der Waals surface area (Å²) >= 11 is 0. The lowest BCUT2D eigenvalue weighted by Crippen LogP contribution is -2.31. The number of hydrogen-bond acceptors (Lipinski definition) is 2. The third kappa shape index (κ3) is 3.98. The second-order valence-electron chi connectivity index (χ2n) is 6.42. The molecule has 0 spiro atoms. The average molecular weight is 309 g/mol. The van der Waals surface area contributed by atoms with Gasteiger partial charge in [0.1, 0.15) is 0 Å². The maximum Gasteiger partial charge on any atom is 0.251 e. The first-order valence-corrected chi connectivity index (χ1v) is 7.83. The fraction of sp³-hybridized carbons (Fsp3) is 0.588. The van der Waals surface area contributed by atoms with E-state index in [0.717, 1.165) is 31.1 Å². The van der Waals surface area contributed by atoms with Crippen molar-refractivity contribution in [2.24, 2.45) is 11.8 Å². The normalized spacial score (nSPS) is 24.0. The maximum atomic E-state index is 12.2. The van der Waals surface area contributed by atoms with Crippen molar-refractivity contribution in [2.45, 2.75) is 45.7 Å². The summed E-state index contributed by atoms with van der Waals surface area (Å²) in [7, 11) is 0. The van der Waals surface area contributed by atoms with Gasteiger partial charge in [-0.25, -0.2) is 0 Å². The molecule has 1 aromatic carbocycles. The Morgan fingerprint density at radius 3 is 2.67 bits per heavy atom. The molecular formula is C17H25ClN2O. The number of benzene rings is 1. The van der Waals surface area contributed by atoms with E-state index in [-0.39, 0.29) is 18.3 Å². The first kappa shape index (κ1) is 16.3. The summed E-state index contributed by atoms with van der Waals surface area (Å²) in [4.78, 5) is 12.2. The highest BCUT2D eigenvalue weighted by molar-refractivity contribution is 5.94. The molecule has 4 heteroatoms. The highest BCUT2D eigenvalue weighted by Gasteiger charge is 2.19. The van der Waals surface area contributed by atoms with Crippen LogP contribution in [0.3, 0.4) is 0 Å². The van der Waals surface area contributed by atoms with Crippen LogP contribution < -0.4 is 10.6 Å². The third-order valence-electron chi connectivity index (χ3n) is 4.79. The molecule has 0 radical (unpaired) electrons. The van der Waals surface area contributed by atoms with Crippen molar-refractivity contribution in [3.8, 4) is 0 Å². The molecule has 1 heterocycles. The predicted molar refractivity (Wildman–Crippen MR) is 87.7 cm³/mol. The van der Waals surface area contributed by atoms with Gasteiger partial charge in [0, 0.05) is 25.2 Å². The monoisotopic (exact) mass is 308 g/mol. The van der Waals surface area contributed by atoms with Crippen molar-refractivity contribution >= 4 is 18.3 Å². The Bertz CT molecular complexity index is 496. The van der Waals surface area contributed by atoms with Crippen molar-refractivity contribution in [3.05, 3.63) is 34.9 Å². The first-order valence-electron chi connectivity index (χ1n) is 7.83. The Balaban J connectivity index is 0.00000161. The van der Waals surface area contributed by atoms with Crippen LogP contribution in [-0.2, 0) is 13.1 Å². The Kier molecular flexibility index (Phi) is 5.65. The van der Waals surface area contributed by atoms with E-state index in [1.807, 2.05) is 12.1 Å². The van der Waals surface area contributed by atoms with Gasteiger partial charge in [0.15, 0.2) is 0 Å². The van der Waals surface area contributed by atoms with Crippen LogP contribution in [0.4, 0.5) is 0 Å². The van der Waals surface area contributed by atoms with Gasteiger partial charge in [-0.2, -0.15) is 0 Å². The lowest BCUT2D eigenvalue weighted by Gasteiger charge is -2.26. The Hall–Kier alpha value is -1.06. The molecule has 0 aromatic heterocycles. The van der Waals surface area contributed by atoms with E-state index < -0.39 is 0 Å². The van der Waals surface area contributed by atoms with Gasteiger partial charge in [0.25, 0.3) is 5.91 Å². The van der Waals surface area contributed by atoms with Crippen LogP contribution in [-0.4, -0.2) is 12.5 Å². The molecule has 0 saturated heterocycles. The number of carbonyl (C=O) groups excluding carboxylic acids is 1. The van der Waals surface area contributed by atoms with Gasteiger partial charge in [-0.15, -0.1) is 12.4 Å². The van der Waals surface area contributed by atoms with Crippen LogP contribution in [0, 0.1) is 11.8 Å².